The predicted octanol–water partition coefficient (Wildman–Crippen LogP) is 3.32. The Morgan fingerprint density at radius 3 is 2.24 bits per heavy atom. The number of azide groups is 1. The molecule has 1 aliphatic heterocycles. The third kappa shape index (κ3) is 6.20. The van der Waals surface area contributed by atoms with Gasteiger partial charge in [-0.2, -0.15) is 0 Å². The topological polar surface area (TPSA) is 148 Å². The molecule has 2 aromatic carbocycles. The summed E-state index contributed by atoms with van der Waals surface area (Å²) in [6.45, 7) is 9.24. The lowest BCUT2D eigenvalue weighted by Crippen LogP contribution is -2.67. The smallest absolute Gasteiger partial charge is 0.330 e. The number of benzene rings is 2. The molecule has 0 aliphatic carbocycles. The van der Waals surface area contributed by atoms with E-state index >= 15 is 0 Å². The van der Waals surface area contributed by atoms with Gasteiger partial charge < -0.3 is 13.9 Å². The van der Waals surface area contributed by atoms with Crippen molar-refractivity contribution < 1.29 is 18.7 Å². The van der Waals surface area contributed by atoms with Crippen molar-refractivity contribution in [2.45, 2.75) is 70.6 Å². The molecular weight excluding hydrogens is 542 g/mol. The van der Waals surface area contributed by atoms with Gasteiger partial charge in [-0.25, -0.2) is 4.79 Å². The second-order valence-electron chi connectivity index (χ2n) is 11.2. The van der Waals surface area contributed by atoms with Crippen LogP contribution in [0.2, 0.25) is 5.04 Å². The fourth-order valence-electron chi connectivity index (χ4n) is 5.54. The van der Waals surface area contributed by atoms with E-state index in [1.54, 1.807) is 6.92 Å². The lowest BCUT2D eigenvalue weighted by atomic mass is 10.1. The van der Waals surface area contributed by atoms with Crippen molar-refractivity contribution in [1.29, 1.82) is 0 Å². The highest BCUT2D eigenvalue weighted by molar-refractivity contribution is 6.99. The molecule has 0 bridgehead atoms. The van der Waals surface area contributed by atoms with Gasteiger partial charge in [0.2, 0.25) is 0 Å². The Balaban J connectivity index is 1.74. The number of carbonyl (C=O) groups excluding carboxylic acids is 1. The second kappa shape index (κ2) is 12.3. The number of nitrogens with one attached hydrogen (secondary N) is 1. The molecule has 12 heteroatoms. The van der Waals surface area contributed by atoms with Crippen molar-refractivity contribution in [3.63, 3.8) is 0 Å². The van der Waals surface area contributed by atoms with E-state index in [9.17, 15) is 19.9 Å². The van der Waals surface area contributed by atoms with Gasteiger partial charge in [0.25, 0.3) is 13.9 Å². The van der Waals surface area contributed by atoms with Crippen molar-refractivity contribution in [2.75, 3.05) is 6.61 Å². The molecule has 0 saturated carbocycles. The average Bonchev–Trinajstić information content (AvgIpc) is 3.33. The van der Waals surface area contributed by atoms with Gasteiger partial charge in [0.05, 0.1) is 6.04 Å². The standard InChI is InChI=1S/C29H35N5O6Si/c1-19-17-34(28(37)31-27(19)36)25-16-24(39-20(2)35)26(40-25)23(32-33-30)18-38-41(29(3,4)5,21-12-8-6-9-13-21)22-14-10-7-11-15-22/h6-15,17,23-26H,16,18H2,1-5H3,(H,31,36,37)/t23-,24+,25-,26-/m1/s1. The number of hydrogen-bond donors (Lipinski definition) is 1. The van der Waals surface area contributed by atoms with Crippen LogP contribution in [0.3, 0.4) is 0 Å². The van der Waals surface area contributed by atoms with Gasteiger partial charge >= 0.3 is 11.7 Å². The summed E-state index contributed by atoms with van der Waals surface area (Å²) in [5.41, 5.74) is 8.71. The van der Waals surface area contributed by atoms with Crippen LogP contribution < -0.4 is 21.6 Å². The van der Waals surface area contributed by atoms with Gasteiger partial charge in [-0.05, 0) is 27.9 Å². The normalized spacial score (nSPS) is 19.8. The highest BCUT2D eigenvalue weighted by Crippen LogP contribution is 2.38. The third-order valence-electron chi connectivity index (χ3n) is 7.35. The van der Waals surface area contributed by atoms with Gasteiger partial charge in [0.15, 0.2) is 0 Å². The number of esters is 1. The lowest BCUT2D eigenvalue weighted by Gasteiger charge is -2.43. The molecule has 1 saturated heterocycles. The molecular formula is C29H35N5O6Si. The molecule has 1 aromatic heterocycles. The van der Waals surface area contributed by atoms with Crippen LogP contribution in [0.4, 0.5) is 0 Å². The summed E-state index contributed by atoms with van der Waals surface area (Å²) in [6.07, 6.45) is -1.07. The van der Waals surface area contributed by atoms with E-state index in [-0.39, 0.29) is 18.1 Å². The molecule has 4 rings (SSSR count). The van der Waals surface area contributed by atoms with E-state index < -0.39 is 50.0 Å². The van der Waals surface area contributed by atoms with Crippen LogP contribution in [0, 0.1) is 6.92 Å². The summed E-state index contributed by atoms with van der Waals surface area (Å²) in [5.74, 6) is -0.540. The molecule has 2 heterocycles. The Labute approximate surface area is 238 Å². The summed E-state index contributed by atoms with van der Waals surface area (Å²) >= 11 is 0. The first kappa shape index (κ1) is 30.0. The van der Waals surface area contributed by atoms with Crippen molar-refractivity contribution in [3.8, 4) is 0 Å². The molecule has 216 valence electrons. The summed E-state index contributed by atoms with van der Waals surface area (Å²) in [7, 11) is -2.99. The highest BCUT2D eigenvalue weighted by Gasteiger charge is 2.51. The molecule has 41 heavy (non-hydrogen) atoms. The number of ether oxygens (including phenoxy) is 2. The summed E-state index contributed by atoms with van der Waals surface area (Å²) in [6, 6.07) is 19.2. The minimum Gasteiger partial charge on any atom is -0.460 e. The largest absolute Gasteiger partial charge is 0.460 e. The molecule has 0 spiro atoms. The SMILES string of the molecule is CC(=O)O[C@H]1C[C@H](n2cc(C)c(=O)[nH]c2=O)O[C@@H]1[C@@H](CO[Si](c1ccccc1)(c1ccccc1)C(C)(C)C)N=[N+]=[N-]. The van der Waals surface area contributed by atoms with Crippen LogP contribution >= 0.6 is 0 Å². The monoisotopic (exact) mass is 577 g/mol. The van der Waals surface area contributed by atoms with Crippen molar-refractivity contribution in [2.24, 2.45) is 5.11 Å². The second-order valence-corrected chi connectivity index (χ2v) is 15.5. The quantitative estimate of drug-likeness (QED) is 0.136. The Morgan fingerprint density at radius 1 is 1.15 bits per heavy atom. The first-order chi connectivity index (χ1) is 19.5. The van der Waals surface area contributed by atoms with Crippen LogP contribution in [0.15, 0.2) is 81.6 Å². The summed E-state index contributed by atoms with van der Waals surface area (Å²) in [5, 5.41) is 5.81. The maximum atomic E-state index is 12.6. The number of aromatic nitrogens is 2. The fraction of sp³-hybridized carbons (Fsp3) is 0.414. The van der Waals surface area contributed by atoms with Crippen LogP contribution in [0.1, 0.15) is 45.9 Å². The Hall–Kier alpha value is -3.96. The van der Waals surface area contributed by atoms with Gasteiger partial charge in [-0.3, -0.25) is 19.1 Å². The zero-order valence-corrected chi connectivity index (χ0v) is 24.8. The van der Waals surface area contributed by atoms with E-state index in [0.717, 1.165) is 10.4 Å². The lowest BCUT2D eigenvalue weighted by molar-refractivity contribution is -0.150. The van der Waals surface area contributed by atoms with Crippen molar-refractivity contribution in [3.05, 3.63) is 104 Å². The highest BCUT2D eigenvalue weighted by atomic mass is 28.4. The number of hydrogen-bond acceptors (Lipinski definition) is 7. The maximum absolute atomic E-state index is 12.6. The van der Waals surface area contributed by atoms with Gasteiger partial charge in [0.1, 0.15) is 18.4 Å². The Bertz CT molecular complexity index is 1490. The summed E-state index contributed by atoms with van der Waals surface area (Å²) in [4.78, 5) is 41.9. The number of carbonyl (C=O) groups is 1. The van der Waals surface area contributed by atoms with Gasteiger partial charge in [0, 0.05) is 36.6 Å². The number of rotatable bonds is 9. The molecule has 0 unspecified atom stereocenters. The van der Waals surface area contributed by atoms with Crippen LogP contribution in [-0.4, -0.2) is 48.7 Å². The van der Waals surface area contributed by atoms with E-state index in [1.165, 1.54) is 17.7 Å². The van der Waals surface area contributed by atoms with E-state index in [2.05, 4.69) is 60.0 Å². The van der Waals surface area contributed by atoms with Crippen LogP contribution in [0.25, 0.3) is 10.4 Å². The van der Waals surface area contributed by atoms with E-state index in [4.69, 9.17) is 13.9 Å². The van der Waals surface area contributed by atoms with Crippen molar-refractivity contribution in [1.82, 2.24) is 9.55 Å². The number of H-pyrrole nitrogens is 1. The molecule has 4 atom stereocenters. The molecule has 1 N–H and O–H groups in total. The number of aryl methyl sites for hydroxylation is 1. The molecule has 0 amide bonds. The Kier molecular flexibility index (Phi) is 8.98. The van der Waals surface area contributed by atoms with Crippen LogP contribution in [0.5, 0.6) is 0 Å². The minimum absolute atomic E-state index is 0.0218. The zero-order valence-electron chi connectivity index (χ0n) is 23.8. The first-order valence-electron chi connectivity index (χ1n) is 13.4. The molecule has 1 aliphatic rings. The first-order valence-corrected chi connectivity index (χ1v) is 15.3. The Morgan fingerprint density at radius 2 is 1.73 bits per heavy atom. The minimum atomic E-state index is -2.99. The number of aromatic amines is 1. The maximum Gasteiger partial charge on any atom is 0.330 e. The zero-order chi connectivity index (χ0) is 29.8. The van der Waals surface area contributed by atoms with Gasteiger partial charge in [-0.15, -0.1) is 0 Å². The molecule has 1 fully saturated rings. The fourth-order valence-corrected chi connectivity index (χ4v) is 10.1. The average molecular weight is 578 g/mol. The van der Waals surface area contributed by atoms with Gasteiger partial charge in [-0.1, -0.05) is 86.5 Å². The van der Waals surface area contributed by atoms with E-state index in [1.807, 2.05) is 36.4 Å². The predicted molar refractivity (Wildman–Crippen MR) is 157 cm³/mol. The summed E-state index contributed by atoms with van der Waals surface area (Å²) < 4.78 is 20.1. The van der Waals surface area contributed by atoms with Crippen LogP contribution in [-0.2, 0) is 18.7 Å². The molecule has 3 aromatic rings. The molecule has 0 radical (unpaired) electrons. The number of nitrogens with zero attached hydrogens (tertiary/aromatic N) is 4. The third-order valence-corrected chi connectivity index (χ3v) is 12.4. The van der Waals surface area contributed by atoms with E-state index in [0.29, 0.717) is 5.56 Å². The van der Waals surface area contributed by atoms with Crippen molar-refractivity contribution >= 4 is 24.7 Å². The molecule has 11 nitrogen and oxygen atoms in total.